The molecule has 0 spiro atoms. The summed E-state index contributed by atoms with van der Waals surface area (Å²) in [7, 11) is 1.64. The van der Waals surface area contributed by atoms with Crippen LogP contribution in [0.5, 0.6) is 5.75 Å². The summed E-state index contributed by atoms with van der Waals surface area (Å²) in [5.41, 5.74) is 0.165. The van der Waals surface area contributed by atoms with Gasteiger partial charge in [-0.2, -0.15) is 0 Å². The molecule has 0 unspecified atom stereocenters. The molecule has 1 aliphatic carbocycles. The summed E-state index contributed by atoms with van der Waals surface area (Å²) in [5, 5.41) is 13.9. The van der Waals surface area contributed by atoms with Crippen LogP contribution in [0, 0.1) is 0 Å². The van der Waals surface area contributed by atoms with Crippen molar-refractivity contribution in [3.63, 3.8) is 0 Å². The van der Waals surface area contributed by atoms with Gasteiger partial charge in [-0.15, -0.1) is 0 Å². The van der Waals surface area contributed by atoms with E-state index in [1.807, 2.05) is 24.3 Å². The number of hydrogen-bond acceptors (Lipinski definition) is 3. The van der Waals surface area contributed by atoms with Crippen molar-refractivity contribution < 1.29 is 19.5 Å². The third kappa shape index (κ3) is 3.59. The van der Waals surface area contributed by atoms with Gasteiger partial charge in [0.25, 0.3) is 5.91 Å². The van der Waals surface area contributed by atoms with E-state index in [1.165, 1.54) is 4.90 Å². The largest absolute Gasteiger partial charge is 0.497 e. The number of amides is 1. The summed E-state index contributed by atoms with van der Waals surface area (Å²) < 4.78 is 5.16. The molecule has 5 heteroatoms. The monoisotopic (exact) mass is 305 g/mol. The minimum Gasteiger partial charge on any atom is -0.497 e. The minimum absolute atomic E-state index is 0.146. The van der Waals surface area contributed by atoms with Gasteiger partial charge in [0.2, 0.25) is 0 Å². The molecule has 0 atom stereocenters. The van der Waals surface area contributed by atoms with Gasteiger partial charge < -0.3 is 20.1 Å². The first-order valence-electron chi connectivity index (χ1n) is 8.09. The van der Waals surface area contributed by atoms with Crippen molar-refractivity contribution in [2.45, 2.75) is 37.3 Å². The molecule has 1 aromatic carbocycles. The van der Waals surface area contributed by atoms with Crippen LogP contribution >= 0.6 is 0 Å². The Morgan fingerprint density at radius 3 is 2.50 bits per heavy atom. The molecule has 0 bridgehead atoms. The van der Waals surface area contributed by atoms with Crippen molar-refractivity contribution >= 4 is 5.91 Å². The number of hydrogen-bond donors (Lipinski definition) is 3. The number of rotatable bonds is 5. The molecule has 1 aliphatic heterocycles. The normalized spacial score (nSPS) is 28.2. The summed E-state index contributed by atoms with van der Waals surface area (Å²) >= 11 is 0. The number of methoxy groups -OCH3 is 1. The fourth-order valence-corrected chi connectivity index (χ4v) is 3.12. The van der Waals surface area contributed by atoms with E-state index < -0.39 is 5.60 Å². The Bertz CT molecular complexity index is 517. The Balaban J connectivity index is 1.53. The fraction of sp³-hybridized carbons (Fsp3) is 0.588. The number of quaternary nitrogens is 1. The van der Waals surface area contributed by atoms with E-state index in [9.17, 15) is 9.90 Å². The van der Waals surface area contributed by atoms with Crippen molar-refractivity contribution in [3.8, 4) is 5.75 Å². The van der Waals surface area contributed by atoms with Gasteiger partial charge >= 0.3 is 0 Å². The van der Waals surface area contributed by atoms with E-state index in [2.05, 4.69) is 5.32 Å². The first-order valence-corrected chi connectivity index (χ1v) is 8.09. The number of likely N-dealkylation sites (tertiary alicyclic amines) is 1. The van der Waals surface area contributed by atoms with Gasteiger partial charge in [0.05, 0.1) is 20.2 Å². The third-order valence-electron chi connectivity index (χ3n) is 4.76. The highest BCUT2D eigenvalue weighted by Crippen LogP contribution is 2.30. The number of piperidine rings is 1. The first kappa shape index (κ1) is 15.3. The Hall–Kier alpha value is -1.59. The lowest BCUT2D eigenvalue weighted by Crippen LogP contribution is -3.14. The van der Waals surface area contributed by atoms with E-state index in [0.29, 0.717) is 25.4 Å². The second-order valence-corrected chi connectivity index (χ2v) is 6.53. The van der Waals surface area contributed by atoms with E-state index in [-0.39, 0.29) is 5.91 Å². The molecule has 5 nitrogen and oxygen atoms in total. The van der Waals surface area contributed by atoms with Gasteiger partial charge in [-0.25, -0.2) is 0 Å². The maximum absolute atomic E-state index is 11.9. The molecule has 2 fully saturated rings. The zero-order valence-corrected chi connectivity index (χ0v) is 13.1. The third-order valence-corrected chi connectivity index (χ3v) is 4.76. The number of aliphatic hydroxyl groups is 1. The fourth-order valence-electron chi connectivity index (χ4n) is 3.12. The quantitative estimate of drug-likeness (QED) is 0.708. The summed E-state index contributed by atoms with van der Waals surface area (Å²) in [6, 6.07) is 8.06. The van der Waals surface area contributed by atoms with Crippen LogP contribution in [0.25, 0.3) is 0 Å². The molecule has 1 amide bonds. The van der Waals surface area contributed by atoms with Crippen LogP contribution in [-0.4, -0.2) is 43.8 Å². The average Bonchev–Trinajstić information content (AvgIpc) is 3.34. The number of nitrogens with one attached hydrogen (secondary N) is 2. The Labute approximate surface area is 131 Å². The van der Waals surface area contributed by atoms with E-state index in [1.54, 1.807) is 7.11 Å². The predicted molar refractivity (Wildman–Crippen MR) is 82.9 cm³/mol. The van der Waals surface area contributed by atoms with E-state index in [4.69, 9.17) is 4.74 Å². The molecule has 22 heavy (non-hydrogen) atoms. The molecule has 3 rings (SSSR count). The topological polar surface area (TPSA) is 63.0 Å². The zero-order valence-electron chi connectivity index (χ0n) is 13.1. The number of carbonyl (C=O) groups excluding carboxylic acids is 1. The molecule has 1 heterocycles. The lowest BCUT2D eigenvalue weighted by molar-refractivity contribution is -0.900. The summed E-state index contributed by atoms with van der Waals surface area (Å²) in [5.74, 6) is 0.944. The van der Waals surface area contributed by atoms with Crippen molar-refractivity contribution in [1.29, 1.82) is 0 Å². The highest BCUT2D eigenvalue weighted by atomic mass is 16.5. The Morgan fingerprint density at radius 1 is 1.32 bits per heavy atom. The molecule has 3 N–H and O–H groups in total. The zero-order chi connectivity index (χ0) is 15.6. The van der Waals surface area contributed by atoms with Crippen LogP contribution in [0.2, 0.25) is 0 Å². The van der Waals surface area contributed by atoms with Crippen LogP contribution < -0.4 is 15.0 Å². The number of carbonyl (C=O) groups is 1. The Kier molecular flexibility index (Phi) is 4.36. The average molecular weight is 305 g/mol. The van der Waals surface area contributed by atoms with Crippen LogP contribution in [-0.2, 0) is 10.4 Å². The van der Waals surface area contributed by atoms with E-state index in [0.717, 1.165) is 37.2 Å². The standard InChI is InChI=1S/C17H24N2O3/c1-22-15-6-2-13(3-7-15)17(21)8-10-19(11-9-17)12-16(20)18-14-4-5-14/h2-3,6-7,14,21H,4-5,8-12H2,1H3,(H,18,20)/p+1. The molecular weight excluding hydrogens is 280 g/mol. The summed E-state index contributed by atoms with van der Waals surface area (Å²) in [6.45, 7) is 2.16. The van der Waals surface area contributed by atoms with Gasteiger partial charge in [-0.3, -0.25) is 4.79 Å². The van der Waals surface area contributed by atoms with Crippen molar-refractivity contribution in [3.05, 3.63) is 29.8 Å². The highest BCUT2D eigenvalue weighted by molar-refractivity contribution is 5.77. The predicted octanol–water partition coefficient (Wildman–Crippen LogP) is -0.160. The van der Waals surface area contributed by atoms with Crippen LogP contribution in [0.15, 0.2) is 24.3 Å². The van der Waals surface area contributed by atoms with Gasteiger partial charge in [-0.05, 0) is 30.5 Å². The summed E-state index contributed by atoms with van der Waals surface area (Å²) in [6.07, 6.45) is 3.62. The molecule has 1 saturated carbocycles. The van der Waals surface area contributed by atoms with Crippen LogP contribution in [0.4, 0.5) is 0 Å². The second kappa shape index (κ2) is 6.26. The minimum atomic E-state index is -0.775. The molecule has 120 valence electrons. The number of benzene rings is 1. The SMILES string of the molecule is COc1ccc(C2(O)CC[NH+](CC(=O)NC3CC3)CC2)cc1. The molecule has 0 aromatic heterocycles. The molecule has 2 aliphatic rings. The van der Waals surface area contributed by atoms with Gasteiger partial charge in [0.1, 0.15) is 11.4 Å². The van der Waals surface area contributed by atoms with Crippen LogP contribution in [0.1, 0.15) is 31.2 Å². The molecule has 1 aromatic rings. The lowest BCUT2D eigenvalue weighted by atomic mass is 9.84. The smallest absolute Gasteiger partial charge is 0.275 e. The van der Waals surface area contributed by atoms with E-state index >= 15 is 0 Å². The molecule has 0 radical (unpaired) electrons. The van der Waals surface area contributed by atoms with Crippen molar-refractivity contribution in [2.24, 2.45) is 0 Å². The lowest BCUT2D eigenvalue weighted by Gasteiger charge is -2.36. The van der Waals surface area contributed by atoms with Gasteiger partial charge in [0, 0.05) is 18.9 Å². The molecule has 1 saturated heterocycles. The Morgan fingerprint density at radius 2 is 1.95 bits per heavy atom. The van der Waals surface area contributed by atoms with Gasteiger partial charge in [-0.1, -0.05) is 12.1 Å². The summed E-state index contributed by atoms with van der Waals surface area (Å²) in [4.78, 5) is 13.1. The maximum atomic E-state index is 11.9. The van der Waals surface area contributed by atoms with Crippen molar-refractivity contribution in [1.82, 2.24) is 5.32 Å². The molecular formula is C17H25N2O3+. The second-order valence-electron chi connectivity index (χ2n) is 6.53. The highest BCUT2D eigenvalue weighted by Gasteiger charge is 2.37. The van der Waals surface area contributed by atoms with Crippen LogP contribution in [0.3, 0.4) is 0 Å². The first-order chi connectivity index (χ1) is 10.6. The van der Waals surface area contributed by atoms with Gasteiger partial charge in [0.15, 0.2) is 6.54 Å². The number of ether oxygens (including phenoxy) is 1. The maximum Gasteiger partial charge on any atom is 0.275 e. The van der Waals surface area contributed by atoms with Crippen molar-refractivity contribution in [2.75, 3.05) is 26.7 Å².